The van der Waals surface area contributed by atoms with Gasteiger partial charge in [-0.25, -0.2) is 4.79 Å². The van der Waals surface area contributed by atoms with Crippen molar-refractivity contribution < 1.29 is 24.2 Å². The molecule has 0 aliphatic carbocycles. The van der Waals surface area contributed by atoms with Crippen LogP contribution in [0.5, 0.6) is 5.75 Å². The van der Waals surface area contributed by atoms with Crippen molar-refractivity contribution in [2.24, 2.45) is 0 Å². The van der Waals surface area contributed by atoms with Gasteiger partial charge in [0.2, 0.25) is 0 Å². The van der Waals surface area contributed by atoms with Gasteiger partial charge in [0.1, 0.15) is 5.75 Å². The minimum absolute atomic E-state index is 0.0338. The van der Waals surface area contributed by atoms with Crippen LogP contribution in [-0.4, -0.2) is 54.3 Å². The van der Waals surface area contributed by atoms with E-state index < -0.39 is 12.1 Å². The zero-order chi connectivity index (χ0) is 15.4. The monoisotopic (exact) mass is 313 g/mol. The Bertz CT molecular complexity index is 548. The van der Waals surface area contributed by atoms with Crippen molar-refractivity contribution in [1.82, 2.24) is 4.90 Å². The van der Waals surface area contributed by atoms with Gasteiger partial charge in [0.25, 0.3) is 5.91 Å². The molecule has 0 unspecified atom stereocenters. The molecule has 6 nitrogen and oxygen atoms in total. The second-order valence-electron chi connectivity index (χ2n) is 4.69. The molecular weight excluding hydrogens is 298 g/mol. The van der Waals surface area contributed by atoms with E-state index in [2.05, 4.69) is 0 Å². The maximum Gasteiger partial charge on any atom is 0.334 e. The first-order chi connectivity index (χ1) is 9.99. The highest BCUT2D eigenvalue weighted by atomic mass is 35.5. The SMILES string of the molecule is Cc1c(Cl)cccc1OCC(=O)N1CCO[C@@H](C(=O)O)C1. The lowest BCUT2D eigenvalue weighted by atomic mass is 10.2. The van der Waals surface area contributed by atoms with E-state index in [1.54, 1.807) is 25.1 Å². The Morgan fingerprint density at radius 3 is 3.00 bits per heavy atom. The van der Waals surface area contributed by atoms with Crippen molar-refractivity contribution in [3.63, 3.8) is 0 Å². The normalized spacial score (nSPS) is 18.4. The zero-order valence-electron chi connectivity index (χ0n) is 11.5. The van der Waals surface area contributed by atoms with E-state index in [9.17, 15) is 9.59 Å². The van der Waals surface area contributed by atoms with E-state index in [4.69, 9.17) is 26.2 Å². The average Bonchev–Trinajstić information content (AvgIpc) is 2.48. The molecule has 1 fully saturated rings. The van der Waals surface area contributed by atoms with Crippen LogP contribution in [0.2, 0.25) is 5.02 Å². The molecule has 1 aliphatic heterocycles. The lowest BCUT2D eigenvalue weighted by molar-refractivity contribution is -0.159. The Morgan fingerprint density at radius 2 is 2.29 bits per heavy atom. The molecule has 1 amide bonds. The number of benzene rings is 1. The largest absolute Gasteiger partial charge is 0.483 e. The lowest BCUT2D eigenvalue weighted by Gasteiger charge is -2.30. The molecule has 21 heavy (non-hydrogen) atoms. The highest BCUT2D eigenvalue weighted by Gasteiger charge is 2.29. The highest BCUT2D eigenvalue weighted by Crippen LogP contribution is 2.25. The average molecular weight is 314 g/mol. The van der Waals surface area contributed by atoms with Crippen LogP contribution < -0.4 is 4.74 Å². The van der Waals surface area contributed by atoms with Gasteiger partial charge in [0.15, 0.2) is 12.7 Å². The van der Waals surface area contributed by atoms with E-state index in [1.807, 2.05) is 0 Å². The second-order valence-corrected chi connectivity index (χ2v) is 5.10. The number of nitrogens with zero attached hydrogens (tertiary/aromatic N) is 1. The Hall–Kier alpha value is -1.79. The molecule has 1 heterocycles. The van der Waals surface area contributed by atoms with Crippen molar-refractivity contribution in [1.29, 1.82) is 0 Å². The van der Waals surface area contributed by atoms with Crippen LogP contribution in [0.4, 0.5) is 0 Å². The standard InChI is InChI=1S/C14H16ClNO5/c1-9-10(15)3-2-4-11(9)21-8-13(17)16-5-6-20-12(7-16)14(18)19/h2-4,12H,5-8H2,1H3,(H,18,19)/t12-/m1/s1. The Kier molecular flexibility index (Phi) is 5.03. The smallest absolute Gasteiger partial charge is 0.334 e. The number of ether oxygens (including phenoxy) is 2. The van der Waals surface area contributed by atoms with Gasteiger partial charge in [-0.1, -0.05) is 17.7 Å². The number of carbonyl (C=O) groups excluding carboxylic acids is 1. The maximum atomic E-state index is 12.1. The fourth-order valence-electron chi connectivity index (χ4n) is 2.00. The molecule has 1 atom stereocenters. The van der Waals surface area contributed by atoms with E-state index in [-0.39, 0.29) is 25.7 Å². The van der Waals surface area contributed by atoms with Crippen LogP contribution in [0.15, 0.2) is 18.2 Å². The summed E-state index contributed by atoms with van der Waals surface area (Å²) in [4.78, 5) is 24.4. The first-order valence-corrected chi connectivity index (χ1v) is 6.87. The van der Waals surface area contributed by atoms with Gasteiger partial charge >= 0.3 is 5.97 Å². The first kappa shape index (κ1) is 15.6. The molecule has 0 radical (unpaired) electrons. The molecule has 1 aromatic rings. The minimum atomic E-state index is -1.07. The molecule has 0 bridgehead atoms. The Labute approximate surface area is 127 Å². The number of hydrogen-bond donors (Lipinski definition) is 1. The van der Waals surface area contributed by atoms with Gasteiger partial charge in [-0.2, -0.15) is 0 Å². The quantitative estimate of drug-likeness (QED) is 0.908. The summed E-state index contributed by atoms with van der Waals surface area (Å²) in [6, 6.07) is 5.21. The topological polar surface area (TPSA) is 76.1 Å². The summed E-state index contributed by atoms with van der Waals surface area (Å²) in [7, 11) is 0. The molecule has 2 rings (SSSR count). The third-order valence-electron chi connectivity index (χ3n) is 3.26. The van der Waals surface area contributed by atoms with Crippen LogP contribution in [0, 0.1) is 6.92 Å². The van der Waals surface area contributed by atoms with Crippen molar-refractivity contribution in [2.45, 2.75) is 13.0 Å². The molecule has 0 spiro atoms. The summed E-state index contributed by atoms with van der Waals surface area (Å²) in [5.74, 6) is -0.804. The number of amides is 1. The summed E-state index contributed by atoms with van der Waals surface area (Å²) >= 11 is 5.97. The third kappa shape index (κ3) is 3.86. The van der Waals surface area contributed by atoms with Crippen molar-refractivity contribution >= 4 is 23.5 Å². The van der Waals surface area contributed by atoms with Crippen molar-refractivity contribution in [3.8, 4) is 5.75 Å². The van der Waals surface area contributed by atoms with Crippen molar-refractivity contribution in [3.05, 3.63) is 28.8 Å². The molecule has 1 aliphatic rings. The van der Waals surface area contributed by atoms with Gasteiger partial charge in [-0.3, -0.25) is 4.79 Å². The van der Waals surface area contributed by atoms with Gasteiger partial charge in [-0.05, 0) is 19.1 Å². The number of carbonyl (C=O) groups is 2. The van der Waals surface area contributed by atoms with Gasteiger partial charge in [0.05, 0.1) is 13.2 Å². The summed E-state index contributed by atoms with van der Waals surface area (Å²) in [5, 5.41) is 9.47. The first-order valence-electron chi connectivity index (χ1n) is 6.49. The molecule has 114 valence electrons. The van der Waals surface area contributed by atoms with Crippen LogP contribution >= 0.6 is 11.6 Å². The fraction of sp³-hybridized carbons (Fsp3) is 0.429. The number of halogens is 1. The molecular formula is C14H16ClNO5. The predicted octanol–water partition coefficient (Wildman–Crippen LogP) is 1.34. The third-order valence-corrected chi connectivity index (χ3v) is 3.67. The minimum Gasteiger partial charge on any atom is -0.483 e. The summed E-state index contributed by atoms with van der Waals surface area (Å²) < 4.78 is 10.5. The number of aliphatic carboxylic acids is 1. The maximum absolute atomic E-state index is 12.1. The van der Waals surface area contributed by atoms with Crippen LogP contribution in [-0.2, 0) is 14.3 Å². The van der Waals surface area contributed by atoms with E-state index in [1.165, 1.54) is 4.90 Å². The molecule has 0 aromatic heterocycles. The zero-order valence-corrected chi connectivity index (χ0v) is 12.3. The van der Waals surface area contributed by atoms with Crippen molar-refractivity contribution in [2.75, 3.05) is 26.3 Å². The number of rotatable bonds is 4. The van der Waals surface area contributed by atoms with Crippen LogP contribution in [0.3, 0.4) is 0 Å². The van der Waals surface area contributed by atoms with E-state index in [0.717, 1.165) is 5.56 Å². The molecule has 1 N–H and O–H groups in total. The second kappa shape index (κ2) is 6.78. The summed E-state index contributed by atoms with van der Waals surface area (Å²) in [6.07, 6.45) is -0.976. The Balaban J connectivity index is 1.92. The van der Waals surface area contributed by atoms with Gasteiger partial charge < -0.3 is 19.5 Å². The number of carboxylic acid groups (broad SMARTS) is 1. The van der Waals surface area contributed by atoms with E-state index in [0.29, 0.717) is 17.3 Å². The van der Waals surface area contributed by atoms with Crippen LogP contribution in [0.25, 0.3) is 0 Å². The summed E-state index contributed by atoms with van der Waals surface area (Å²) in [6.45, 7) is 2.25. The summed E-state index contributed by atoms with van der Waals surface area (Å²) in [5.41, 5.74) is 0.761. The van der Waals surface area contributed by atoms with Crippen LogP contribution in [0.1, 0.15) is 5.56 Å². The number of hydrogen-bond acceptors (Lipinski definition) is 4. The Morgan fingerprint density at radius 1 is 1.52 bits per heavy atom. The number of morpholine rings is 1. The molecule has 0 saturated carbocycles. The number of carboxylic acids is 1. The predicted molar refractivity (Wildman–Crippen MR) is 75.6 cm³/mol. The molecule has 1 aromatic carbocycles. The lowest BCUT2D eigenvalue weighted by Crippen LogP contribution is -2.49. The van der Waals surface area contributed by atoms with E-state index >= 15 is 0 Å². The molecule has 1 saturated heterocycles. The van der Waals surface area contributed by atoms with Gasteiger partial charge in [-0.15, -0.1) is 0 Å². The van der Waals surface area contributed by atoms with Gasteiger partial charge in [0, 0.05) is 17.1 Å². The molecule has 7 heteroatoms. The fourth-order valence-corrected chi connectivity index (χ4v) is 2.17. The highest BCUT2D eigenvalue weighted by molar-refractivity contribution is 6.31.